The van der Waals surface area contributed by atoms with Crippen LogP contribution in [0, 0.1) is 5.41 Å². The first-order valence-electron chi connectivity index (χ1n) is 12.4. The summed E-state index contributed by atoms with van der Waals surface area (Å²) in [7, 11) is 3.17. The molecule has 1 aliphatic carbocycles. The van der Waals surface area contributed by atoms with Crippen LogP contribution in [-0.4, -0.2) is 47.5 Å². The fourth-order valence-electron chi connectivity index (χ4n) is 5.88. The number of aromatic amines is 2. The van der Waals surface area contributed by atoms with Gasteiger partial charge in [0.2, 0.25) is 5.95 Å². The highest BCUT2D eigenvalue weighted by Gasteiger charge is 2.46. The number of hydrogen-bond acceptors (Lipinski definition) is 7. The monoisotopic (exact) mass is 498 g/mol. The molecule has 2 aromatic carbocycles. The number of fused-ring (bicyclic) bond motifs is 2. The van der Waals surface area contributed by atoms with Crippen molar-refractivity contribution in [1.82, 2.24) is 20.2 Å². The van der Waals surface area contributed by atoms with Crippen molar-refractivity contribution in [2.75, 3.05) is 32.2 Å². The van der Waals surface area contributed by atoms with Crippen molar-refractivity contribution in [1.29, 1.82) is 0 Å². The first-order chi connectivity index (χ1) is 17.9. The molecule has 2 aromatic heterocycles. The predicted molar refractivity (Wildman–Crippen MR) is 143 cm³/mol. The number of nitrogens with one attached hydrogen (secondary N) is 2. The second kappa shape index (κ2) is 8.77. The van der Waals surface area contributed by atoms with Crippen LogP contribution in [0.2, 0.25) is 0 Å². The summed E-state index contributed by atoms with van der Waals surface area (Å²) in [5.41, 5.74) is 11.3. The van der Waals surface area contributed by atoms with Crippen molar-refractivity contribution < 1.29 is 9.47 Å². The minimum Gasteiger partial charge on any atom is -0.497 e. The molecule has 190 valence electrons. The molecule has 0 radical (unpaired) electrons. The third-order valence-corrected chi connectivity index (χ3v) is 8.05. The van der Waals surface area contributed by atoms with Gasteiger partial charge in [-0.1, -0.05) is 30.8 Å². The Kier molecular flexibility index (Phi) is 5.52. The number of anilines is 1. The molecule has 1 fully saturated rings. The molecule has 1 spiro atoms. The van der Waals surface area contributed by atoms with Gasteiger partial charge in [-0.25, -0.2) is 0 Å². The zero-order valence-electron chi connectivity index (χ0n) is 21.0. The first kappa shape index (κ1) is 23.3. The van der Waals surface area contributed by atoms with Crippen LogP contribution < -0.4 is 25.7 Å². The number of piperidine rings is 1. The van der Waals surface area contributed by atoms with Gasteiger partial charge in [0.05, 0.1) is 14.2 Å². The number of H-pyrrole nitrogens is 2. The van der Waals surface area contributed by atoms with Gasteiger partial charge >= 0.3 is 0 Å². The molecule has 6 rings (SSSR count). The average Bonchev–Trinajstić information content (AvgIpc) is 3.48. The molecule has 1 aliphatic heterocycles. The second-order valence-electron chi connectivity index (χ2n) is 9.97. The number of rotatable bonds is 5. The van der Waals surface area contributed by atoms with Gasteiger partial charge in [-0.3, -0.25) is 14.9 Å². The molecule has 0 bridgehead atoms. The number of nitrogens with zero attached hydrogens (tertiary/aromatic N) is 3. The van der Waals surface area contributed by atoms with Crippen LogP contribution in [0.25, 0.3) is 16.6 Å². The normalized spacial score (nSPS) is 18.2. The highest BCUT2D eigenvalue weighted by molar-refractivity contribution is 5.92. The third-order valence-electron chi connectivity index (χ3n) is 8.05. The van der Waals surface area contributed by atoms with E-state index in [0.29, 0.717) is 39.7 Å². The third kappa shape index (κ3) is 3.77. The topological polar surface area (TPSA) is 122 Å². The van der Waals surface area contributed by atoms with Gasteiger partial charge in [-0.05, 0) is 53.5 Å². The SMILES string of the molecule is C=C(c1cc(OC)cc(OC)c1)c1n[nH]c2nc(N3CCC4(CC3)Cc3ccccc3[C@H]4N)[nH]c(=O)c12. The zero-order chi connectivity index (χ0) is 25.7. The molecule has 0 saturated carbocycles. The fraction of sp³-hybridized carbons (Fsp3) is 0.321. The van der Waals surface area contributed by atoms with Crippen LogP contribution in [0.4, 0.5) is 5.95 Å². The Morgan fingerprint density at radius 2 is 1.84 bits per heavy atom. The van der Waals surface area contributed by atoms with Crippen molar-refractivity contribution >= 4 is 22.6 Å². The Bertz CT molecular complexity index is 1540. The number of hydrogen-bond donors (Lipinski definition) is 3. The highest BCUT2D eigenvalue weighted by Crippen LogP contribution is 2.50. The standard InChI is InChI=1S/C28H30N6O3/c1-16(18-12-19(36-2)14-20(13-18)37-3)23-22-25(33-32-23)30-27(31-26(22)35)34-10-8-28(9-11-34)15-17-6-4-5-7-21(17)24(28)29/h4-7,12-14,24H,1,8-11,15,29H2,2-3H3,(H2,30,31,32,33,35)/t24-/m1/s1. The van der Waals surface area contributed by atoms with Crippen molar-refractivity contribution in [3.8, 4) is 11.5 Å². The Morgan fingerprint density at radius 1 is 1.14 bits per heavy atom. The summed E-state index contributed by atoms with van der Waals surface area (Å²) in [6.07, 6.45) is 2.88. The summed E-state index contributed by atoms with van der Waals surface area (Å²) in [4.78, 5) is 23.1. The number of nitrogens with two attached hydrogens (primary N) is 1. The summed E-state index contributed by atoms with van der Waals surface area (Å²) >= 11 is 0. The predicted octanol–water partition coefficient (Wildman–Crippen LogP) is 3.57. The van der Waals surface area contributed by atoms with E-state index in [1.54, 1.807) is 20.3 Å². The van der Waals surface area contributed by atoms with E-state index in [4.69, 9.17) is 20.2 Å². The maximum atomic E-state index is 13.3. The second-order valence-corrected chi connectivity index (χ2v) is 9.97. The lowest BCUT2D eigenvalue weighted by molar-refractivity contribution is 0.187. The number of ether oxygens (including phenoxy) is 2. The quantitative estimate of drug-likeness (QED) is 0.384. The smallest absolute Gasteiger partial charge is 0.264 e. The van der Waals surface area contributed by atoms with Gasteiger partial charge in [-0.2, -0.15) is 10.1 Å². The van der Waals surface area contributed by atoms with E-state index in [9.17, 15) is 4.79 Å². The summed E-state index contributed by atoms with van der Waals surface area (Å²) in [5.74, 6) is 1.79. The van der Waals surface area contributed by atoms with Gasteiger partial charge < -0.3 is 20.1 Å². The summed E-state index contributed by atoms with van der Waals surface area (Å²) in [6, 6.07) is 14.0. The zero-order valence-corrected chi connectivity index (χ0v) is 21.0. The lowest BCUT2D eigenvalue weighted by Crippen LogP contribution is -2.45. The molecule has 0 unspecified atom stereocenters. The lowest BCUT2D eigenvalue weighted by Gasteiger charge is -2.42. The summed E-state index contributed by atoms with van der Waals surface area (Å²) in [6.45, 7) is 5.73. The van der Waals surface area contributed by atoms with E-state index in [1.807, 2.05) is 12.1 Å². The number of aromatic nitrogens is 4. The minimum absolute atomic E-state index is 0.0387. The molecule has 0 amide bonds. The van der Waals surface area contributed by atoms with Crippen molar-refractivity contribution in [3.05, 3.63) is 81.8 Å². The molecular weight excluding hydrogens is 468 g/mol. The van der Waals surface area contributed by atoms with E-state index in [0.717, 1.165) is 37.9 Å². The lowest BCUT2D eigenvalue weighted by atomic mass is 9.73. The maximum Gasteiger partial charge on any atom is 0.264 e. The van der Waals surface area contributed by atoms with E-state index < -0.39 is 0 Å². The first-order valence-corrected chi connectivity index (χ1v) is 12.4. The van der Waals surface area contributed by atoms with Crippen molar-refractivity contribution in [3.63, 3.8) is 0 Å². The maximum absolute atomic E-state index is 13.3. The van der Waals surface area contributed by atoms with Gasteiger partial charge in [0.1, 0.15) is 22.6 Å². The molecule has 1 saturated heterocycles. The minimum atomic E-state index is -0.259. The van der Waals surface area contributed by atoms with Crippen LogP contribution in [0.1, 0.15) is 41.3 Å². The molecule has 9 heteroatoms. The Morgan fingerprint density at radius 3 is 2.51 bits per heavy atom. The van der Waals surface area contributed by atoms with E-state index in [2.05, 4.69) is 50.9 Å². The van der Waals surface area contributed by atoms with Crippen LogP contribution in [-0.2, 0) is 6.42 Å². The molecule has 4 aromatic rings. The molecule has 1 atom stereocenters. The van der Waals surface area contributed by atoms with Crippen LogP contribution >= 0.6 is 0 Å². The van der Waals surface area contributed by atoms with Gasteiger partial charge in [0, 0.05) is 30.8 Å². The Hall–Kier alpha value is -4.11. The Labute approximate surface area is 214 Å². The number of methoxy groups -OCH3 is 2. The van der Waals surface area contributed by atoms with E-state index in [1.165, 1.54) is 11.1 Å². The van der Waals surface area contributed by atoms with Crippen molar-refractivity contribution in [2.45, 2.75) is 25.3 Å². The van der Waals surface area contributed by atoms with Crippen molar-refractivity contribution in [2.24, 2.45) is 11.1 Å². The summed E-state index contributed by atoms with van der Waals surface area (Å²) in [5, 5.41) is 7.70. The number of benzene rings is 2. The molecule has 4 N–H and O–H groups in total. The molecule has 37 heavy (non-hydrogen) atoms. The Balaban J connectivity index is 1.26. The average molecular weight is 499 g/mol. The largest absolute Gasteiger partial charge is 0.497 e. The van der Waals surface area contributed by atoms with Gasteiger partial charge in [0.15, 0.2) is 5.65 Å². The summed E-state index contributed by atoms with van der Waals surface area (Å²) < 4.78 is 10.8. The highest BCUT2D eigenvalue weighted by atomic mass is 16.5. The van der Waals surface area contributed by atoms with E-state index in [-0.39, 0.29) is 17.0 Å². The molecule has 2 aliphatic rings. The molecule has 3 heterocycles. The van der Waals surface area contributed by atoms with Gasteiger partial charge in [-0.15, -0.1) is 0 Å². The van der Waals surface area contributed by atoms with E-state index >= 15 is 0 Å². The van der Waals surface area contributed by atoms with Crippen LogP contribution in [0.5, 0.6) is 11.5 Å². The van der Waals surface area contributed by atoms with Crippen LogP contribution in [0.15, 0.2) is 53.8 Å². The van der Waals surface area contributed by atoms with Crippen LogP contribution in [0.3, 0.4) is 0 Å². The fourth-order valence-corrected chi connectivity index (χ4v) is 5.88. The molecular formula is C28H30N6O3. The van der Waals surface area contributed by atoms with Gasteiger partial charge in [0.25, 0.3) is 5.56 Å². The molecule has 9 nitrogen and oxygen atoms in total.